The van der Waals surface area contributed by atoms with Crippen molar-refractivity contribution >= 4 is 10.0 Å². The second kappa shape index (κ2) is 8.00. The van der Waals surface area contributed by atoms with Gasteiger partial charge >= 0.3 is 6.18 Å². The fourth-order valence-corrected chi connectivity index (χ4v) is 3.37. The molecule has 0 radical (unpaired) electrons. The minimum absolute atomic E-state index is 0.00602. The fraction of sp³-hybridized carbons (Fsp3) is 0.368. The van der Waals surface area contributed by atoms with Gasteiger partial charge in [-0.05, 0) is 50.1 Å². The van der Waals surface area contributed by atoms with E-state index in [2.05, 4.69) is 10.0 Å². The van der Waals surface area contributed by atoms with Crippen LogP contribution in [0.3, 0.4) is 0 Å². The largest absolute Gasteiger partial charge is 0.416 e. The summed E-state index contributed by atoms with van der Waals surface area (Å²) in [7, 11) is -3.92. The van der Waals surface area contributed by atoms with Crippen LogP contribution in [0.2, 0.25) is 0 Å². The Kier molecular flexibility index (Phi) is 6.34. The number of halogens is 3. The molecular formula is C19H23F3N2O2S. The van der Waals surface area contributed by atoms with Crippen LogP contribution in [0, 0.1) is 0 Å². The zero-order valence-corrected chi connectivity index (χ0v) is 16.2. The average molecular weight is 400 g/mol. The van der Waals surface area contributed by atoms with E-state index in [4.69, 9.17) is 0 Å². The molecular weight excluding hydrogens is 377 g/mol. The molecule has 0 bridgehead atoms. The Bertz CT molecular complexity index is 871. The summed E-state index contributed by atoms with van der Waals surface area (Å²) in [5.74, 6) is 0. The van der Waals surface area contributed by atoms with E-state index in [9.17, 15) is 21.6 Å². The number of hydrogen-bond donors (Lipinski definition) is 2. The summed E-state index contributed by atoms with van der Waals surface area (Å²) < 4.78 is 66.0. The van der Waals surface area contributed by atoms with Gasteiger partial charge in [-0.25, -0.2) is 13.1 Å². The molecule has 2 aromatic rings. The number of hydrogen-bond acceptors (Lipinski definition) is 3. The molecule has 0 aliphatic rings. The van der Waals surface area contributed by atoms with Crippen molar-refractivity contribution in [2.45, 2.75) is 50.5 Å². The van der Waals surface area contributed by atoms with Crippen molar-refractivity contribution in [3.05, 3.63) is 65.2 Å². The van der Waals surface area contributed by atoms with Crippen molar-refractivity contribution in [1.82, 2.24) is 10.0 Å². The maximum Gasteiger partial charge on any atom is 0.416 e. The topological polar surface area (TPSA) is 58.2 Å². The lowest BCUT2D eigenvalue weighted by atomic mass is 10.1. The van der Waals surface area contributed by atoms with Crippen molar-refractivity contribution < 1.29 is 21.6 Å². The van der Waals surface area contributed by atoms with Gasteiger partial charge in [0.05, 0.1) is 10.5 Å². The lowest BCUT2D eigenvalue weighted by Gasteiger charge is -2.20. The average Bonchev–Trinajstić information content (AvgIpc) is 2.57. The predicted molar refractivity (Wildman–Crippen MR) is 98.5 cm³/mol. The van der Waals surface area contributed by atoms with Crippen molar-refractivity contribution in [2.75, 3.05) is 0 Å². The zero-order valence-electron chi connectivity index (χ0n) is 15.4. The molecule has 0 amide bonds. The normalized spacial score (nSPS) is 13.0. The molecule has 0 aliphatic heterocycles. The third-order valence-corrected chi connectivity index (χ3v) is 5.25. The van der Waals surface area contributed by atoms with E-state index in [1.165, 1.54) is 30.3 Å². The van der Waals surface area contributed by atoms with Crippen LogP contribution >= 0.6 is 0 Å². The van der Waals surface area contributed by atoms with Gasteiger partial charge in [-0.3, -0.25) is 0 Å². The summed E-state index contributed by atoms with van der Waals surface area (Å²) in [6.45, 7) is 6.21. The Morgan fingerprint density at radius 2 is 1.48 bits per heavy atom. The van der Waals surface area contributed by atoms with Crippen LogP contribution in [0.15, 0.2) is 53.4 Å². The first-order valence-corrected chi connectivity index (χ1v) is 9.85. The molecule has 0 heterocycles. The van der Waals surface area contributed by atoms with Gasteiger partial charge in [0.25, 0.3) is 0 Å². The highest BCUT2D eigenvalue weighted by Gasteiger charge is 2.33. The molecule has 0 fully saturated rings. The third-order valence-electron chi connectivity index (χ3n) is 3.83. The number of nitrogens with one attached hydrogen (secondary N) is 2. The van der Waals surface area contributed by atoms with Gasteiger partial charge < -0.3 is 5.32 Å². The summed E-state index contributed by atoms with van der Waals surface area (Å²) >= 11 is 0. The van der Waals surface area contributed by atoms with Crippen LogP contribution in [0.1, 0.15) is 37.5 Å². The maximum atomic E-state index is 13.0. The molecule has 0 spiro atoms. The van der Waals surface area contributed by atoms with Crippen molar-refractivity contribution in [2.24, 2.45) is 0 Å². The van der Waals surface area contributed by atoms with Crippen molar-refractivity contribution in [3.8, 4) is 0 Å². The molecule has 27 heavy (non-hydrogen) atoms. The first-order valence-electron chi connectivity index (χ1n) is 8.37. The SMILES string of the molecule is CC(C)(C)NCc1ccc(S(=O)(=O)NCc2ccccc2C(F)(F)F)cc1. The van der Waals surface area contributed by atoms with E-state index in [1.807, 2.05) is 20.8 Å². The smallest absolute Gasteiger partial charge is 0.308 e. The molecule has 0 unspecified atom stereocenters. The third kappa shape index (κ3) is 6.34. The van der Waals surface area contributed by atoms with E-state index in [0.717, 1.165) is 11.6 Å². The lowest BCUT2D eigenvalue weighted by Crippen LogP contribution is -2.35. The Labute approximate surface area is 157 Å². The molecule has 2 N–H and O–H groups in total. The highest BCUT2D eigenvalue weighted by atomic mass is 32.2. The van der Waals surface area contributed by atoms with Gasteiger partial charge in [-0.1, -0.05) is 30.3 Å². The Morgan fingerprint density at radius 3 is 2.04 bits per heavy atom. The van der Waals surface area contributed by atoms with Crippen LogP contribution in [-0.4, -0.2) is 14.0 Å². The highest BCUT2D eigenvalue weighted by molar-refractivity contribution is 7.89. The van der Waals surface area contributed by atoms with E-state index >= 15 is 0 Å². The molecule has 0 saturated heterocycles. The molecule has 8 heteroatoms. The van der Waals surface area contributed by atoms with Crippen LogP contribution in [0.4, 0.5) is 13.2 Å². The van der Waals surface area contributed by atoms with Gasteiger partial charge in [-0.2, -0.15) is 13.2 Å². The standard InChI is InChI=1S/C19H23F3N2O2S/c1-18(2,3)23-12-14-8-10-16(11-9-14)27(25,26)24-13-15-6-4-5-7-17(15)19(20,21)22/h4-11,23-24H,12-13H2,1-3H3. The minimum atomic E-state index is -4.54. The molecule has 148 valence electrons. The lowest BCUT2D eigenvalue weighted by molar-refractivity contribution is -0.138. The van der Waals surface area contributed by atoms with Crippen LogP contribution in [0.5, 0.6) is 0 Å². The molecule has 0 saturated carbocycles. The Morgan fingerprint density at radius 1 is 0.889 bits per heavy atom. The van der Waals surface area contributed by atoms with Crippen LogP contribution in [0.25, 0.3) is 0 Å². The quantitative estimate of drug-likeness (QED) is 0.769. The summed E-state index contributed by atoms with van der Waals surface area (Å²) in [6, 6.07) is 11.1. The first-order chi connectivity index (χ1) is 12.4. The molecule has 0 aromatic heterocycles. The molecule has 0 aliphatic carbocycles. The monoisotopic (exact) mass is 400 g/mol. The molecule has 0 atom stereocenters. The predicted octanol–water partition coefficient (Wildman–Crippen LogP) is 4.07. The second-order valence-corrected chi connectivity index (χ2v) is 8.99. The Balaban J connectivity index is 2.09. The first kappa shape index (κ1) is 21.4. The summed E-state index contributed by atoms with van der Waals surface area (Å²) in [5.41, 5.74) is -0.139. The summed E-state index contributed by atoms with van der Waals surface area (Å²) in [6.07, 6.45) is -4.54. The van der Waals surface area contributed by atoms with Crippen LogP contribution in [-0.2, 0) is 29.3 Å². The van der Waals surface area contributed by atoms with E-state index in [1.54, 1.807) is 12.1 Å². The maximum absolute atomic E-state index is 13.0. The number of alkyl halides is 3. The number of sulfonamides is 1. The molecule has 4 nitrogen and oxygen atoms in total. The summed E-state index contributed by atoms with van der Waals surface area (Å²) in [5, 5.41) is 3.29. The van der Waals surface area contributed by atoms with Crippen molar-refractivity contribution in [3.63, 3.8) is 0 Å². The Hall–Kier alpha value is -1.90. The number of benzene rings is 2. The van der Waals surface area contributed by atoms with Gasteiger partial charge in [0.1, 0.15) is 0 Å². The molecule has 2 aromatic carbocycles. The van der Waals surface area contributed by atoms with Crippen LogP contribution < -0.4 is 10.0 Å². The van der Waals surface area contributed by atoms with Gasteiger partial charge in [0.15, 0.2) is 0 Å². The van der Waals surface area contributed by atoms with Gasteiger partial charge in [-0.15, -0.1) is 0 Å². The summed E-state index contributed by atoms with van der Waals surface area (Å²) in [4.78, 5) is 0.00602. The van der Waals surface area contributed by atoms with Gasteiger partial charge in [0, 0.05) is 18.6 Å². The van der Waals surface area contributed by atoms with E-state index < -0.39 is 28.3 Å². The minimum Gasteiger partial charge on any atom is -0.308 e. The second-order valence-electron chi connectivity index (χ2n) is 7.23. The fourth-order valence-electron chi connectivity index (χ4n) is 2.36. The van der Waals surface area contributed by atoms with E-state index in [0.29, 0.717) is 6.54 Å². The van der Waals surface area contributed by atoms with Gasteiger partial charge in [0.2, 0.25) is 10.0 Å². The van der Waals surface area contributed by atoms with E-state index in [-0.39, 0.29) is 16.0 Å². The zero-order chi connectivity index (χ0) is 20.3. The highest BCUT2D eigenvalue weighted by Crippen LogP contribution is 2.31. The molecule has 2 rings (SSSR count). The van der Waals surface area contributed by atoms with Crippen molar-refractivity contribution in [1.29, 1.82) is 0 Å². The number of rotatable bonds is 6.